The van der Waals surface area contributed by atoms with Gasteiger partial charge in [-0.15, -0.1) is 0 Å². The van der Waals surface area contributed by atoms with Crippen molar-refractivity contribution in [3.63, 3.8) is 0 Å². The van der Waals surface area contributed by atoms with E-state index in [9.17, 15) is 0 Å². The predicted octanol–water partition coefficient (Wildman–Crippen LogP) is 3.76. The van der Waals surface area contributed by atoms with Crippen LogP contribution < -0.4 is 10.1 Å². The number of nitrogens with one attached hydrogen (secondary N) is 3. The Morgan fingerprint density at radius 3 is 2.94 bits per heavy atom. The molecule has 0 atom stereocenters. The van der Waals surface area contributed by atoms with Crippen LogP contribution in [0.2, 0.25) is 0 Å². The summed E-state index contributed by atoms with van der Waals surface area (Å²) in [5.74, 6) is 3.69. The molecule has 10 nitrogen and oxygen atoms in total. The Morgan fingerprint density at radius 2 is 2.12 bits per heavy atom. The van der Waals surface area contributed by atoms with E-state index in [0.29, 0.717) is 36.8 Å². The van der Waals surface area contributed by atoms with Gasteiger partial charge in [0, 0.05) is 37.2 Å². The molecule has 0 bridgehead atoms. The van der Waals surface area contributed by atoms with E-state index in [1.807, 2.05) is 12.3 Å². The maximum Gasteiger partial charge on any atom is 0.160 e. The average Bonchev–Trinajstić information content (AvgIpc) is 3.47. The maximum atomic E-state index is 6.01. The SMILES string of the molecule is COCc1cc2c(Nc3cc(C4CC(COc5cn[nH]c5C(C)C)C4)[nH]n3)nccn2n1. The second-order valence-electron chi connectivity index (χ2n) is 8.66. The van der Waals surface area contributed by atoms with Crippen molar-refractivity contribution in [3.05, 3.63) is 47.8 Å². The van der Waals surface area contributed by atoms with Crippen molar-refractivity contribution in [2.45, 2.75) is 45.1 Å². The Bertz CT molecular complexity index is 1190. The molecule has 1 aliphatic rings. The molecule has 5 rings (SSSR count). The quantitative estimate of drug-likeness (QED) is 0.365. The first-order chi connectivity index (χ1) is 15.6. The number of nitrogens with zero attached hydrogens (tertiary/aromatic N) is 5. The number of aromatic amines is 2. The van der Waals surface area contributed by atoms with Crippen LogP contribution in [-0.2, 0) is 11.3 Å². The molecule has 0 aliphatic heterocycles. The zero-order valence-corrected chi connectivity index (χ0v) is 18.5. The summed E-state index contributed by atoms with van der Waals surface area (Å²) in [7, 11) is 1.66. The van der Waals surface area contributed by atoms with Crippen LogP contribution in [0.1, 0.15) is 55.6 Å². The van der Waals surface area contributed by atoms with Gasteiger partial charge in [-0.05, 0) is 30.7 Å². The number of rotatable bonds is 9. The molecule has 1 fully saturated rings. The minimum absolute atomic E-state index is 0.368. The van der Waals surface area contributed by atoms with Gasteiger partial charge >= 0.3 is 0 Å². The van der Waals surface area contributed by atoms with Gasteiger partial charge in [0.1, 0.15) is 5.52 Å². The Hall–Kier alpha value is -3.40. The minimum atomic E-state index is 0.368. The topological polar surface area (TPSA) is 118 Å². The van der Waals surface area contributed by atoms with Crippen LogP contribution in [0, 0.1) is 5.92 Å². The van der Waals surface area contributed by atoms with Gasteiger partial charge in [-0.2, -0.15) is 15.3 Å². The molecule has 0 spiro atoms. The standard InChI is InChI=1S/C22H28N8O2/c1-13(2)21-19(10-24-28-21)32-11-14-6-15(7-14)17-9-20(27-26-17)25-22-18-8-16(12-31-3)29-30(18)5-4-23-22/h4-5,8-10,13-15H,6-7,11-12H2,1-3H3,(H,24,28)(H2,23,25,26,27). The molecule has 3 N–H and O–H groups in total. The van der Waals surface area contributed by atoms with Crippen molar-refractivity contribution in [3.8, 4) is 5.75 Å². The van der Waals surface area contributed by atoms with Crippen molar-refractivity contribution in [1.29, 1.82) is 0 Å². The lowest BCUT2D eigenvalue weighted by Gasteiger charge is -2.34. The van der Waals surface area contributed by atoms with Crippen LogP contribution in [0.3, 0.4) is 0 Å². The summed E-state index contributed by atoms with van der Waals surface area (Å²) in [6.45, 7) is 5.43. The molecule has 1 aliphatic carbocycles. The number of methoxy groups -OCH3 is 1. The van der Waals surface area contributed by atoms with E-state index in [-0.39, 0.29) is 0 Å². The molecule has 4 heterocycles. The minimum Gasteiger partial charge on any atom is -0.490 e. The van der Waals surface area contributed by atoms with Gasteiger partial charge in [-0.3, -0.25) is 10.2 Å². The lowest BCUT2D eigenvalue weighted by atomic mass is 9.74. The monoisotopic (exact) mass is 436 g/mol. The third kappa shape index (κ3) is 4.05. The van der Waals surface area contributed by atoms with Crippen molar-refractivity contribution < 1.29 is 9.47 Å². The van der Waals surface area contributed by atoms with E-state index in [2.05, 4.69) is 55.7 Å². The largest absolute Gasteiger partial charge is 0.490 e. The molecule has 1 saturated carbocycles. The van der Waals surface area contributed by atoms with E-state index in [0.717, 1.165) is 47.0 Å². The van der Waals surface area contributed by atoms with Crippen LogP contribution in [0.4, 0.5) is 11.6 Å². The summed E-state index contributed by atoms with van der Waals surface area (Å²) in [4.78, 5) is 4.45. The zero-order chi connectivity index (χ0) is 22.1. The van der Waals surface area contributed by atoms with E-state index in [1.54, 1.807) is 24.0 Å². The molecule has 4 aromatic heterocycles. The summed E-state index contributed by atoms with van der Waals surface area (Å²) in [6, 6.07) is 4.03. The normalized spacial score (nSPS) is 18.2. The number of fused-ring (bicyclic) bond motifs is 1. The average molecular weight is 437 g/mol. The van der Waals surface area contributed by atoms with Crippen LogP contribution in [0.25, 0.3) is 5.52 Å². The third-order valence-corrected chi connectivity index (χ3v) is 5.94. The molecule has 0 radical (unpaired) electrons. The van der Waals surface area contributed by atoms with Crippen molar-refractivity contribution in [2.24, 2.45) is 5.92 Å². The summed E-state index contributed by atoms with van der Waals surface area (Å²) >= 11 is 0. The number of aromatic nitrogens is 7. The first-order valence-corrected chi connectivity index (χ1v) is 10.9. The highest BCUT2D eigenvalue weighted by atomic mass is 16.5. The van der Waals surface area contributed by atoms with Gasteiger partial charge in [0.05, 0.1) is 30.8 Å². The molecule has 0 amide bonds. The Kier molecular flexibility index (Phi) is 5.52. The number of hydrogen-bond donors (Lipinski definition) is 3. The maximum absolute atomic E-state index is 6.01. The number of hydrogen-bond acceptors (Lipinski definition) is 7. The first kappa shape index (κ1) is 20.5. The second-order valence-corrected chi connectivity index (χ2v) is 8.66. The van der Waals surface area contributed by atoms with Gasteiger partial charge in [-0.25, -0.2) is 9.50 Å². The fourth-order valence-corrected chi connectivity index (χ4v) is 4.17. The molecule has 4 aromatic rings. The van der Waals surface area contributed by atoms with Crippen LogP contribution in [0.5, 0.6) is 5.75 Å². The molecular weight excluding hydrogens is 408 g/mol. The van der Waals surface area contributed by atoms with Gasteiger partial charge in [0.15, 0.2) is 17.4 Å². The highest BCUT2D eigenvalue weighted by Crippen LogP contribution is 2.42. The highest BCUT2D eigenvalue weighted by Gasteiger charge is 2.32. The van der Waals surface area contributed by atoms with Gasteiger partial charge in [0.25, 0.3) is 0 Å². The Morgan fingerprint density at radius 1 is 1.25 bits per heavy atom. The van der Waals surface area contributed by atoms with E-state index in [4.69, 9.17) is 9.47 Å². The number of H-pyrrole nitrogens is 2. The lowest BCUT2D eigenvalue weighted by molar-refractivity contribution is 0.155. The van der Waals surface area contributed by atoms with Crippen molar-refractivity contribution in [1.82, 2.24) is 35.0 Å². The molecule has 168 valence electrons. The third-order valence-electron chi connectivity index (χ3n) is 5.94. The van der Waals surface area contributed by atoms with Gasteiger partial charge < -0.3 is 14.8 Å². The number of ether oxygens (including phenoxy) is 2. The summed E-state index contributed by atoms with van der Waals surface area (Å²) in [5.41, 5.74) is 3.92. The van der Waals surface area contributed by atoms with Gasteiger partial charge in [-0.1, -0.05) is 13.8 Å². The molecule has 0 aromatic carbocycles. The van der Waals surface area contributed by atoms with Crippen LogP contribution in [0.15, 0.2) is 30.7 Å². The number of anilines is 2. The zero-order valence-electron chi connectivity index (χ0n) is 18.5. The van der Waals surface area contributed by atoms with Crippen molar-refractivity contribution in [2.75, 3.05) is 19.0 Å². The van der Waals surface area contributed by atoms with E-state index < -0.39 is 0 Å². The van der Waals surface area contributed by atoms with Gasteiger partial charge in [0.2, 0.25) is 0 Å². The van der Waals surface area contributed by atoms with Crippen molar-refractivity contribution >= 4 is 17.2 Å². The fourth-order valence-electron chi connectivity index (χ4n) is 4.17. The molecule has 10 heteroatoms. The molecule has 0 unspecified atom stereocenters. The summed E-state index contributed by atoms with van der Waals surface area (Å²) in [5, 5.41) is 22.5. The second kappa shape index (κ2) is 8.62. The predicted molar refractivity (Wildman–Crippen MR) is 119 cm³/mol. The summed E-state index contributed by atoms with van der Waals surface area (Å²) in [6.07, 6.45) is 7.46. The highest BCUT2D eigenvalue weighted by molar-refractivity contribution is 5.72. The summed E-state index contributed by atoms with van der Waals surface area (Å²) < 4.78 is 13.0. The van der Waals surface area contributed by atoms with Crippen LogP contribution >= 0.6 is 0 Å². The van der Waals surface area contributed by atoms with Crippen LogP contribution in [-0.4, -0.2) is 48.7 Å². The molecule has 0 saturated heterocycles. The Balaban J connectivity index is 1.18. The first-order valence-electron chi connectivity index (χ1n) is 10.9. The van der Waals surface area contributed by atoms with E-state index in [1.165, 1.54) is 0 Å². The molecule has 32 heavy (non-hydrogen) atoms. The lowest BCUT2D eigenvalue weighted by Crippen LogP contribution is -2.27. The Labute approximate surface area is 185 Å². The van der Waals surface area contributed by atoms with E-state index >= 15 is 0 Å². The smallest absolute Gasteiger partial charge is 0.160 e. The fraction of sp³-hybridized carbons (Fsp3) is 0.455. The molecular formula is C22H28N8O2.